The fourth-order valence-electron chi connectivity index (χ4n) is 2.50. The summed E-state index contributed by atoms with van der Waals surface area (Å²) in [6.45, 7) is 7.29. The quantitative estimate of drug-likeness (QED) is 0.513. The Balaban J connectivity index is 1.83. The smallest absolute Gasteiger partial charge is 0.300 e. The van der Waals surface area contributed by atoms with Gasteiger partial charge in [0.2, 0.25) is 5.95 Å². The molecule has 0 aromatic carbocycles. The van der Waals surface area contributed by atoms with Crippen LogP contribution in [0.15, 0.2) is 57.7 Å². The molecule has 3 aromatic rings. The average Bonchev–Trinajstić information content (AvgIpc) is 3.17. The van der Waals surface area contributed by atoms with Crippen molar-refractivity contribution in [1.29, 1.82) is 0 Å². The van der Waals surface area contributed by atoms with Crippen LogP contribution < -0.4 is 16.2 Å². The lowest BCUT2D eigenvalue weighted by Gasteiger charge is -2.15. The number of hydrogen-bond acceptors (Lipinski definition) is 7. The van der Waals surface area contributed by atoms with Crippen molar-refractivity contribution in [2.24, 2.45) is 0 Å². The normalized spacial score (nSPS) is 12.5. The molecule has 3 rings (SSSR count). The molecule has 3 aromatic heterocycles. The number of nitrogens with one attached hydrogen (secondary N) is 3. The predicted octanol–water partition coefficient (Wildman–Crippen LogP) is 4.14. The maximum Gasteiger partial charge on any atom is 0.300 e. The third-order valence-corrected chi connectivity index (χ3v) is 4.19. The molecule has 8 nitrogen and oxygen atoms in total. The lowest BCUT2D eigenvalue weighted by Crippen LogP contribution is -2.21. The number of aromatic amines is 1. The van der Waals surface area contributed by atoms with E-state index in [2.05, 4.69) is 37.1 Å². The summed E-state index contributed by atoms with van der Waals surface area (Å²) in [7, 11) is 0. The number of allylic oxidation sites excluding steroid dienone is 2. The van der Waals surface area contributed by atoms with Gasteiger partial charge in [-0.15, -0.1) is 0 Å². The van der Waals surface area contributed by atoms with Crippen LogP contribution in [-0.4, -0.2) is 19.9 Å². The van der Waals surface area contributed by atoms with Crippen LogP contribution in [0.2, 0.25) is 0 Å². The van der Waals surface area contributed by atoms with E-state index in [-0.39, 0.29) is 11.6 Å². The van der Waals surface area contributed by atoms with E-state index in [0.717, 1.165) is 5.56 Å². The second kappa shape index (κ2) is 8.53. The van der Waals surface area contributed by atoms with E-state index in [0.29, 0.717) is 34.1 Å². The summed E-state index contributed by atoms with van der Waals surface area (Å²) >= 11 is 6.04. The van der Waals surface area contributed by atoms with Gasteiger partial charge in [0.15, 0.2) is 0 Å². The average molecular weight is 399 g/mol. The van der Waals surface area contributed by atoms with Crippen LogP contribution in [0.5, 0.6) is 0 Å². The van der Waals surface area contributed by atoms with E-state index in [1.165, 1.54) is 18.5 Å². The van der Waals surface area contributed by atoms with Gasteiger partial charge in [0.1, 0.15) is 12.1 Å². The molecule has 144 valence electrons. The molecule has 0 amide bonds. The second-order valence-corrected chi connectivity index (χ2v) is 6.40. The summed E-state index contributed by atoms with van der Waals surface area (Å²) < 4.78 is 5.14. The number of anilines is 3. The van der Waals surface area contributed by atoms with Gasteiger partial charge >= 0.3 is 0 Å². The third-order valence-electron chi connectivity index (χ3n) is 3.93. The minimum Gasteiger partial charge on any atom is -0.432 e. The van der Waals surface area contributed by atoms with E-state index >= 15 is 0 Å². The van der Waals surface area contributed by atoms with E-state index in [1.807, 2.05) is 13.8 Å². The van der Waals surface area contributed by atoms with Gasteiger partial charge in [0, 0.05) is 22.5 Å². The highest BCUT2D eigenvalue weighted by atomic mass is 35.5. The third kappa shape index (κ3) is 4.66. The molecule has 0 unspecified atom stereocenters. The van der Waals surface area contributed by atoms with Crippen LogP contribution in [0, 0.1) is 6.92 Å². The van der Waals surface area contributed by atoms with Crippen molar-refractivity contribution in [2.45, 2.75) is 19.9 Å². The zero-order valence-corrected chi connectivity index (χ0v) is 16.1. The minimum absolute atomic E-state index is 0.196. The van der Waals surface area contributed by atoms with Crippen molar-refractivity contribution in [3.8, 4) is 0 Å². The lowest BCUT2D eigenvalue weighted by molar-refractivity contribution is 0.577. The van der Waals surface area contributed by atoms with Crippen LogP contribution in [-0.2, 0) is 0 Å². The van der Waals surface area contributed by atoms with Gasteiger partial charge in [-0.1, -0.05) is 24.3 Å². The van der Waals surface area contributed by atoms with Gasteiger partial charge in [0.05, 0.1) is 12.2 Å². The molecule has 0 aliphatic rings. The van der Waals surface area contributed by atoms with Gasteiger partial charge in [-0.2, -0.15) is 4.98 Å². The van der Waals surface area contributed by atoms with Gasteiger partial charge in [0.25, 0.3) is 11.6 Å². The monoisotopic (exact) mass is 398 g/mol. The van der Waals surface area contributed by atoms with Crippen molar-refractivity contribution < 1.29 is 4.42 Å². The number of H-pyrrole nitrogens is 1. The van der Waals surface area contributed by atoms with Gasteiger partial charge < -0.3 is 14.7 Å². The van der Waals surface area contributed by atoms with Crippen molar-refractivity contribution in [3.63, 3.8) is 0 Å². The molecule has 28 heavy (non-hydrogen) atoms. The molecule has 0 spiro atoms. The Labute approximate surface area is 166 Å². The number of oxazole rings is 1. The number of rotatable bonds is 7. The zero-order valence-electron chi connectivity index (χ0n) is 15.4. The van der Waals surface area contributed by atoms with Crippen molar-refractivity contribution in [3.05, 3.63) is 75.7 Å². The molecule has 0 saturated heterocycles. The first-order valence-corrected chi connectivity index (χ1v) is 8.83. The molecule has 0 fully saturated rings. The van der Waals surface area contributed by atoms with E-state index < -0.39 is 0 Å². The summed E-state index contributed by atoms with van der Waals surface area (Å²) in [5.41, 5.74) is 1.85. The second-order valence-electron chi connectivity index (χ2n) is 5.96. The molecule has 3 N–H and O–H groups in total. The molecule has 1 atom stereocenters. The molecular weight excluding hydrogens is 380 g/mol. The van der Waals surface area contributed by atoms with Crippen molar-refractivity contribution in [1.82, 2.24) is 19.9 Å². The van der Waals surface area contributed by atoms with E-state index in [9.17, 15) is 4.79 Å². The Hall–Kier alpha value is -3.39. The van der Waals surface area contributed by atoms with Crippen LogP contribution >= 0.6 is 11.6 Å². The highest BCUT2D eigenvalue weighted by Gasteiger charge is 2.14. The first-order chi connectivity index (χ1) is 13.5. The molecule has 0 bridgehead atoms. The van der Waals surface area contributed by atoms with Crippen molar-refractivity contribution >= 4 is 35.5 Å². The van der Waals surface area contributed by atoms with E-state index in [4.69, 9.17) is 16.0 Å². The maximum atomic E-state index is 12.4. The number of halogens is 1. The number of pyridine rings is 1. The summed E-state index contributed by atoms with van der Waals surface area (Å²) in [4.78, 5) is 27.8. The van der Waals surface area contributed by atoms with Gasteiger partial charge in [-0.05, 0) is 37.6 Å². The molecule has 0 aliphatic carbocycles. The SMILES string of the molecule is C=C/C(Cl)=C\c1cc([C@H](C)Nc2nccc(Nc3ncco3)n2)c(=O)[nH]c1C. The number of nitrogens with zero attached hydrogens (tertiary/aromatic N) is 3. The summed E-state index contributed by atoms with van der Waals surface area (Å²) in [5.74, 6) is 0.858. The molecule has 3 heterocycles. The number of aryl methyl sites for hydroxylation is 1. The first-order valence-electron chi connectivity index (χ1n) is 8.46. The fraction of sp³-hybridized carbons (Fsp3) is 0.158. The van der Waals surface area contributed by atoms with Crippen LogP contribution in [0.25, 0.3) is 6.08 Å². The number of hydrogen-bond donors (Lipinski definition) is 3. The zero-order chi connectivity index (χ0) is 20.1. The molecule has 9 heteroatoms. The van der Waals surface area contributed by atoms with Crippen molar-refractivity contribution in [2.75, 3.05) is 10.6 Å². The Kier molecular flexibility index (Phi) is 5.90. The Bertz CT molecular complexity index is 1060. The molecule has 0 saturated carbocycles. The Morgan fingerprint density at radius 3 is 2.93 bits per heavy atom. The summed E-state index contributed by atoms with van der Waals surface area (Å²) in [5, 5.41) is 6.53. The Morgan fingerprint density at radius 2 is 2.21 bits per heavy atom. The highest BCUT2D eigenvalue weighted by Crippen LogP contribution is 2.20. The van der Waals surface area contributed by atoms with Gasteiger partial charge in [-0.25, -0.2) is 9.97 Å². The maximum absolute atomic E-state index is 12.4. The predicted molar refractivity (Wildman–Crippen MR) is 110 cm³/mol. The first kappa shape index (κ1) is 19.4. The highest BCUT2D eigenvalue weighted by molar-refractivity contribution is 6.33. The van der Waals surface area contributed by atoms with Crippen LogP contribution in [0.4, 0.5) is 17.8 Å². The minimum atomic E-state index is -0.351. The largest absolute Gasteiger partial charge is 0.432 e. The van der Waals surface area contributed by atoms with Gasteiger partial charge in [-0.3, -0.25) is 10.1 Å². The standard InChI is InChI=1S/C19H19ClN6O2/c1-4-14(20)9-13-10-15(17(27)23-11(13)2)12(3)24-18-21-6-5-16(25-18)26-19-22-7-8-28-19/h4-10,12H,1H2,2-3H3,(H,23,27)(H2,21,22,24,25,26)/b14-9+/t12-/m0/s1. The summed E-state index contributed by atoms with van der Waals surface area (Å²) in [6, 6.07) is 3.44. The molecule has 0 aliphatic heterocycles. The summed E-state index contributed by atoms with van der Waals surface area (Å²) in [6.07, 6.45) is 7.85. The van der Waals surface area contributed by atoms with E-state index in [1.54, 1.807) is 24.4 Å². The Morgan fingerprint density at radius 1 is 1.39 bits per heavy atom. The topological polar surface area (TPSA) is 109 Å². The fourth-order valence-corrected chi connectivity index (χ4v) is 2.62. The van der Waals surface area contributed by atoms with Crippen LogP contribution in [0.1, 0.15) is 29.8 Å². The molecular formula is C19H19ClN6O2. The lowest BCUT2D eigenvalue weighted by atomic mass is 10.1. The number of aromatic nitrogens is 4. The molecule has 0 radical (unpaired) electrons. The van der Waals surface area contributed by atoms with Crippen LogP contribution in [0.3, 0.4) is 0 Å².